The molecular weight excluding hydrogens is 335 g/mol. The van der Waals surface area contributed by atoms with E-state index >= 15 is 0 Å². The minimum Gasteiger partial charge on any atom is -0.394 e. The van der Waals surface area contributed by atoms with Gasteiger partial charge in [0.1, 0.15) is 0 Å². The van der Waals surface area contributed by atoms with E-state index < -0.39 is 11.7 Å². The lowest BCUT2D eigenvalue weighted by atomic mass is 10.2. The summed E-state index contributed by atoms with van der Waals surface area (Å²) in [4.78, 5) is 8.30. The molecule has 1 aromatic carbocycles. The molecule has 2 aromatic heterocycles. The summed E-state index contributed by atoms with van der Waals surface area (Å²) in [5, 5.41) is 16.1. The molecule has 25 heavy (non-hydrogen) atoms. The molecule has 0 saturated carbocycles. The van der Waals surface area contributed by atoms with Crippen molar-refractivity contribution in [2.24, 2.45) is 0 Å². The molecule has 2 heterocycles. The average Bonchev–Trinajstić information content (AvgIpc) is 2.98. The fourth-order valence-corrected chi connectivity index (χ4v) is 2.26. The van der Waals surface area contributed by atoms with E-state index in [1.807, 2.05) is 0 Å². The molecule has 0 fully saturated rings. The van der Waals surface area contributed by atoms with Gasteiger partial charge < -0.3 is 10.4 Å². The number of aliphatic hydroxyl groups is 1. The Hall–Kier alpha value is -2.94. The fraction of sp³-hybridized carbons (Fsp3) is 0.188. The lowest BCUT2D eigenvalue weighted by Gasteiger charge is -2.08. The van der Waals surface area contributed by atoms with Crippen LogP contribution in [0.4, 0.5) is 24.8 Å². The molecule has 2 N–H and O–H groups in total. The number of hydrogen-bond donors (Lipinski definition) is 2. The van der Waals surface area contributed by atoms with Crippen LogP contribution >= 0.6 is 0 Å². The van der Waals surface area contributed by atoms with Crippen LogP contribution < -0.4 is 5.32 Å². The van der Waals surface area contributed by atoms with E-state index in [2.05, 4.69) is 20.4 Å². The minimum atomic E-state index is -4.43. The molecule has 3 aromatic rings. The zero-order chi connectivity index (χ0) is 17.9. The number of pyridine rings is 1. The minimum absolute atomic E-state index is 0.131. The van der Waals surface area contributed by atoms with E-state index in [9.17, 15) is 13.2 Å². The van der Waals surface area contributed by atoms with Crippen molar-refractivity contribution in [2.45, 2.75) is 12.7 Å². The first kappa shape index (κ1) is 16.9. The number of nitrogens with one attached hydrogen (secondary N) is 1. The third-order valence-electron chi connectivity index (χ3n) is 3.35. The molecule has 0 aliphatic heterocycles. The maximum atomic E-state index is 12.8. The molecule has 0 atom stereocenters. The molecule has 0 amide bonds. The van der Waals surface area contributed by atoms with Crippen molar-refractivity contribution in [2.75, 3.05) is 11.9 Å². The van der Waals surface area contributed by atoms with Crippen LogP contribution in [0.5, 0.6) is 0 Å². The van der Waals surface area contributed by atoms with Crippen LogP contribution in [0, 0.1) is 0 Å². The van der Waals surface area contributed by atoms with Gasteiger partial charge in [0.2, 0.25) is 5.95 Å². The van der Waals surface area contributed by atoms with Gasteiger partial charge in [-0.25, -0.2) is 4.68 Å². The highest BCUT2D eigenvalue weighted by Gasteiger charge is 2.30. The van der Waals surface area contributed by atoms with Crippen molar-refractivity contribution < 1.29 is 18.3 Å². The summed E-state index contributed by atoms with van der Waals surface area (Å²) in [5.74, 6) is 0.586. The number of anilines is 2. The second kappa shape index (κ2) is 6.89. The van der Waals surface area contributed by atoms with E-state index in [1.165, 1.54) is 16.8 Å². The molecule has 0 bridgehead atoms. The van der Waals surface area contributed by atoms with Crippen LogP contribution in [0.15, 0.2) is 48.8 Å². The normalized spacial score (nSPS) is 11.5. The highest BCUT2D eigenvalue weighted by atomic mass is 19.4. The third kappa shape index (κ3) is 3.94. The Morgan fingerprint density at radius 2 is 2.00 bits per heavy atom. The molecule has 0 aliphatic carbocycles. The second-order valence-electron chi connectivity index (χ2n) is 5.15. The summed E-state index contributed by atoms with van der Waals surface area (Å²) >= 11 is 0. The Labute approximate surface area is 141 Å². The first-order valence-electron chi connectivity index (χ1n) is 7.38. The molecule has 6 nitrogen and oxygen atoms in total. The van der Waals surface area contributed by atoms with E-state index in [4.69, 9.17) is 5.11 Å². The number of aliphatic hydroxyl groups excluding tert-OH is 1. The second-order valence-corrected chi connectivity index (χ2v) is 5.15. The number of aromatic nitrogens is 4. The molecule has 0 aliphatic rings. The van der Waals surface area contributed by atoms with Crippen molar-refractivity contribution in [1.29, 1.82) is 0 Å². The Kier molecular flexibility index (Phi) is 4.66. The van der Waals surface area contributed by atoms with Gasteiger partial charge in [0.05, 0.1) is 18.7 Å². The first-order valence-corrected chi connectivity index (χ1v) is 7.38. The van der Waals surface area contributed by atoms with Crippen molar-refractivity contribution in [1.82, 2.24) is 19.7 Å². The molecule has 0 radical (unpaired) electrons. The Morgan fingerprint density at radius 1 is 1.16 bits per heavy atom. The number of halogens is 3. The highest BCUT2D eigenvalue weighted by molar-refractivity contribution is 5.59. The molecule has 0 saturated heterocycles. The monoisotopic (exact) mass is 349 g/mol. The van der Waals surface area contributed by atoms with Crippen LogP contribution in [0.3, 0.4) is 0 Å². The van der Waals surface area contributed by atoms with Crippen molar-refractivity contribution in [3.63, 3.8) is 0 Å². The zero-order valence-electron chi connectivity index (χ0n) is 12.9. The van der Waals surface area contributed by atoms with Gasteiger partial charge >= 0.3 is 6.18 Å². The van der Waals surface area contributed by atoms with E-state index in [-0.39, 0.29) is 24.8 Å². The molecular formula is C16H14F3N5O. The van der Waals surface area contributed by atoms with E-state index in [0.29, 0.717) is 11.4 Å². The van der Waals surface area contributed by atoms with Gasteiger partial charge in [0.15, 0.2) is 5.82 Å². The summed E-state index contributed by atoms with van der Waals surface area (Å²) in [5.41, 5.74) is 0.133. The van der Waals surface area contributed by atoms with Crippen molar-refractivity contribution in [3.05, 3.63) is 54.4 Å². The summed E-state index contributed by atoms with van der Waals surface area (Å²) in [6, 6.07) is 8.27. The maximum Gasteiger partial charge on any atom is 0.416 e. The molecule has 3 rings (SSSR count). The maximum absolute atomic E-state index is 12.8. The zero-order valence-corrected chi connectivity index (χ0v) is 12.9. The van der Waals surface area contributed by atoms with Gasteiger partial charge in [-0.1, -0.05) is 6.07 Å². The van der Waals surface area contributed by atoms with Crippen LogP contribution in [-0.2, 0) is 12.7 Å². The van der Waals surface area contributed by atoms with Crippen molar-refractivity contribution in [3.8, 4) is 11.4 Å². The predicted molar refractivity (Wildman–Crippen MR) is 85.1 cm³/mol. The summed E-state index contributed by atoms with van der Waals surface area (Å²) in [6.45, 7) is 0.0428. The quantitative estimate of drug-likeness (QED) is 0.740. The number of hydrogen-bond acceptors (Lipinski definition) is 5. The first-order chi connectivity index (χ1) is 12.0. The molecule has 9 heteroatoms. The van der Waals surface area contributed by atoms with Gasteiger partial charge in [-0.3, -0.25) is 4.98 Å². The lowest BCUT2D eigenvalue weighted by Crippen LogP contribution is -2.07. The van der Waals surface area contributed by atoms with Gasteiger partial charge in [-0.15, -0.1) is 5.10 Å². The SMILES string of the molecule is OCCn1nc(Nc2cccc(C(F)(F)F)c2)nc1-c1cccnc1. The van der Waals surface area contributed by atoms with Gasteiger partial charge in [-0.2, -0.15) is 18.2 Å². The van der Waals surface area contributed by atoms with E-state index in [0.717, 1.165) is 12.1 Å². The number of nitrogens with zero attached hydrogens (tertiary/aromatic N) is 4. The van der Waals surface area contributed by atoms with Gasteiger partial charge in [-0.05, 0) is 30.3 Å². The summed E-state index contributed by atoms with van der Waals surface area (Å²) in [7, 11) is 0. The largest absolute Gasteiger partial charge is 0.416 e. The Bertz CT molecular complexity index is 848. The van der Waals surface area contributed by atoms with Crippen LogP contribution in [0.2, 0.25) is 0 Å². The Morgan fingerprint density at radius 3 is 2.68 bits per heavy atom. The van der Waals surface area contributed by atoms with Crippen LogP contribution in [-0.4, -0.2) is 31.5 Å². The topological polar surface area (TPSA) is 75.9 Å². The average molecular weight is 349 g/mol. The predicted octanol–water partition coefficient (Wildman–Crippen LogP) is 3.09. The molecule has 0 spiro atoms. The number of benzene rings is 1. The lowest BCUT2D eigenvalue weighted by molar-refractivity contribution is -0.137. The molecule has 0 unspecified atom stereocenters. The van der Waals surface area contributed by atoms with E-state index in [1.54, 1.807) is 24.5 Å². The van der Waals surface area contributed by atoms with Gasteiger partial charge in [0, 0.05) is 23.6 Å². The van der Waals surface area contributed by atoms with Crippen LogP contribution in [0.1, 0.15) is 5.56 Å². The third-order valence-corrected chi connectivity index (χ3v) is 3.35. The van der Waals surface area contributed by atoms with Crippen molar-refractivity contribution >= 4 is 11.6 Å². The number of rotatable bonds is 5. The number of alkyl halides is 3. The standard InChI is InChI=1S/C16H14F3N5O/c17-16(18,19)12-4-1-5-13(9-12)21-15-22-14(24(23-15)7-8-25)11-3-2-6-20-10-11/h1-6,9-10,25H,7-8H2,(H,21,23). The van der Waals surface area contributed by atoms with Crippen LogP contribution in [0.25, 0.3) is 11.4 Å². The van der Waals surface area contributed by atoms with Gasteiger partial charge in [0.25, 0.3) is 0 Å². The summed E-state index contributed by atoms with van der Waals surface area (Å²) < 4.78 is 39.9. The highest BCUT2D eigenvalue weighted by Crippen LogP contribution is 2.31. The molecule has 130 valence electrons. The fourth-order valence-electron chi connectivity index (χ4n) is 2.26. The summed E-state index contributed by atoms with van der Waals surface area (Å²) in [6.07, 6.45) is -1.23. The smallest absolute Gasteiger partial charge is 0.394 e. The Balaban J connectivity index is 1.91.